The van der Waals surface area contributed by atoms with Crippen LogP contribution in [0.1, 0.15) is 22.4 Å². The first-order valence-electron chi connectivity index (χ1n) is 7.31. The van der Waals surface area contributed by atoms with Crippen molar-refractivity contribution in [2.45, 2.75) is 20.3 Å². The molecule has 1 aromatic heterocycles. The Morgan fingerprint density at radius 1 is 0.952 bits per heavy atom. The number of benzene rings is 2. The van der Waals surface area contributed by atoms with Gasteiger partial charge >= 0.3 is 0 Å². The van der Waals surface area contributed by atoms with Gasteiger partial charge in [-0.2, -0.15) is 0 Å². The largest absolute Gasteiger partial charge is 0.387 e. The predicted molar refractivity (Wildman–Crippen MR) is 90.0 cm³/mol. The lowest BCUT2D eigenvalue weighted by Gasteiger charge is -2.14. The van der Waals surface area contributed by atoms with Crippen molar-refractivity contribution in [3.8, 4) is 0 Å². The molecule has 21 heavy (non-hydrogen) atoms. The van der Waals surface area contributed by atoms with Gasteiger partial charge in [0.05, 0.1) is 5.52 Å². The Morgan fingerprint density at radius 2 is 1.71 bits per heavy atom. The van der Waals surface area contributed by atoms with E-state index in [0.29, 0.717) is 0 Å². The smallest absolute Gasteiger partial charge is 0.0761 e. The zero-order chi connectivity index (χ0) is 14.8. The second kappa shape index (κ2) is 5.57. The van der Waals surface area contributed by atoms with Gasteiger partial charge in [0.1, 0.15) is 0 Å². The van der Waals surface area contributed by atoms with Gasteiger partial charge in [-0.1, -0.05) is 48.5 Å². The van der Waals surface area contributed by atoms with Crippen LogP contribution in [-0.4, -0.2) is 12.0 Å². The van der Waals surface area contributed by atoms with Gasteiger partial charge in [0.15, 0.2) is 0 Å². The predicted octanol–water partition coefficient (Wildman–Crippen LogP) is 4.48. The molecule has 0 spiro atoms. The lowest BCUT2D eigenvalue weighted by Crippen LogP contribution is -2.01. The third kappa shape index (κ3) is 2.49. The summed E-state index contributed by atoms with van der Waals surface area (Å²) in [5, 5.41) is 4.53. The normalized spacial score (nSPS) is 10.8. The average Bonchev–Trinajstić information content (AvgIpc) is 2.50. The van der Waals surface area contributed by atoms with E-state index in [-0.39, 0.29) is 0 Å². The molecule has 0 unspecified atom stereocenters. The van der Waals surface area contributed by atoms with Gasteiger partial charge in [0, 0.05) is 23.8 Å². The summed E-state index contributed by atoms with van der Waals surface area (Å²) in [6.07, 6.45) is 0.914. The van der Waals surface area contributed by atoms with Crippen molar-refractivity contribution in [3.63, 3.8) is 0 Å². The molecule has 0 aliphatic carbocycles. The summed E-state index contributed by atoms with van der Waals surface area (Å²) < 4.78 is 0. The number of nitrogens with zero attached hydrogens (tertiary/aromatic N) is 1. The highest BCUT2D eigenvalue weighted by atomic mass is 14.8. The van der Waals surface area contributed by atoms with E-state index in [2.05, 4.69) is 67.7 Å². The molecule has 0 aliphatic heterocycles. The summed E-state index contributed by atoms with van der Waals surface area (Å²) in [5.41, 5.74) is 7.20. The number of aryl methyl sites for hydroxylation is 1. The van der Waals surface area contributed by atoms with Crippen molar-refractivity contribution in [2.75, 3.05) is 12.4 Å². The third-order valence-electron chi connectivity index (χ3n) is 4.07. The number of pyridine rings is 1. The summed E-state index contributed by atoms with van der Waals surface area (Å²) in [6.45, 7) is 4.20. The van der Waals surface area contributed by atoms with Crippen molar-refractivity contribution in [1.82, 2.24) is 4.98 Å². The SMILES string of the molecule is CNc1c(C)c(C)nc2c(Cc3ccccc3)cccc12. The van der Waals surface area contributed by atoms with E-state index >= 15 is 0 Å². The molecule has 0 saturated heterocycles. The van der Waals surface area contributed by atoms with E-state index in [9.17, 15) is 0 Å². The Balaban J connectivity index is 2.18. The van der Waals surface area contributed by atoms with Crippen molar-refractivity contribution < 1.29 is 0 Å². The second-order valence-electron chi connectivity index (χ2n) is 5.42. The van der Waals surface area contributed by atoms with Crippen LogP contribution in [0.25, 0.3) is 10.9 Å². The van der Waals surface area contributed by atoms with Gasteiger partial charge in [-0.05, 0) is 37.0 Å². The minimum Gasteiger partial charge on any atom is -0.387 e. The number of nitrogens with one attached hydrogen (secondary N) is 1. The Labute approximate surface area is 125 Å². The van der Waals surface area contributed by atoms with Gasteiger partial charge in [-0.15, -0.1) is 0 Å². The molecule has 0 radical (unpaired) electrons. The topological polar surface area (TPSA) is 24.9 Å². The maximum atomic E-state index is 4.84. The Bertz CT molecular complexity index is 776. The Morgan fingerprint density at radius 3 is 2.43 bits per heavy atom. The minimum atomic E-state index is 0.914. The van der Waals surface area contributed by atoms with Crippen LogP contribution in [0, 0.1) is 13.8 Å². The fraction of sp³-hybridized carbons (Fsp3) is 0.211. The molecule has 0 bridgehead atoms. The molecule has 2 heteroatoms. The van der Waals surface area contributed by atoms with Crippen molar-refractivity contribution >= 4 is 16.6 Å². The number of rotatable bonds is 3. The molecule has 1 N–H and O–H groups in total. The van der Waals surface area contributed by atoms with Gasteiger partial charge in [-0.25, -0.2) is 0 Å². The molecule has 2 nitrogen and oxygen atoms in total. The lowest BCUT2D eigenvalue weighted by atomic mass is 9.99. The molecule has 3 rings (SSSR count). The molecule has 0 aliphatic rings. The highest BCUT2D eigenvalue weighted by Crippen LogP contribution is 2.30. The standard InChI is InChI=1S/C19H20N2/c1-13-14(2)21-19-16(12-15-8-5-4-6-9-15)10-7-11-17(19)18(13)20-3/h4-11H,12H2,1-3H3,(H,20,21). The Kier molecular flexibility index (Phi) is 3.61. The number of para-hydroxylation sites is 1. The summed E-state index contributed by atoms with van der Waals surface area (Å²) in [5.74, 6) is 0. The summed E-state index contributed by atoms with van der Waals surface area (Å²) in [6, 6.07) is 17.0. The maximum absolute atomic E-state index is 4.84. The zero-order valence-electron chi connectivity index (χ0n) is 12.8. The fourth-order valence-electron chi connectivity index (χ4n) is 2.84. The average molecular weight is 276 g/mol. The summed E-state index contributed by atoms with van der Waals surface area (Å²) in [7, 11) is 1.98. The van der Waals surface area contributed by atoms with E-state index in [1.807, 2.05) is 7.05 Å². The minimum absolute atomic E-state index is 0.914. The van der Waals surface area contributed by atoms with Crippen LogP contribution >= 0.6 is 0 Å². The summed E-state index contributed by atoms with van der Waals surface area (Å²) >= 11 is 0. The first-order chi connectivity index (χ1) is 10.2. The highest BCUT2D eigenvalue weighted by Gasteiger charge is 2.11. The quantitative estimate of drug-likeness (QED) is 0.762. The monoisotopic (exact) mass is 276 g/mol. The van der Waals surface area contributed by atoms with Crippen LogP contribution < -0.4 is 5.32 Å². The fourth-order valence-corrected chi connectivity index (χ4v) is 2.84. The molecule has 106 valence electrons. The highest BCUT2D eigenvalue weighted by molar-refractivity contribution is 5.95. The molecule has 0 saturated carbocycles. The maximum Gasteiger partial charge on any atom is 0.0761 e. The van der Waals surface area contributed by atoms with Crippen LogP contribution in [0.5, 0.6) is 0 Å². The van der Waals surface area contributed by atoms with Crippen molar-refractivity contribution in [3.05, 3.63) is 70.9 Å². The van der Waals surface area contributed by atoms with Gasteiger partial charge in [0.25, 0.3) is 0 Å². The van der Waals surface area contributed by atoms with Crippen molar-refractivity contribution in [1.29, 1.82) is 0 Å². The molecule has 0 fully saturated rings. The molecule has 0 amide bonds. The lowest BCUT2D eigenvalue weighted by molar-refractivity contribution is 1.15. The first kappa shape index (κ1) is 13.6. The molecular weight excluding hydrogens is 256 g/mol. The van der Waals surface area contributed by atoms with Gasteiger partial charge in [0.2, 0.25) is 0 Å². The van der Waals surface area contributed by atoms with Gasteiger partial charge in [-0.3, -0.25) is 4.98 Å². The van der Waals surface area contributed by atoms with Crippen LogP contribution in [-0.2, 0) is 6.42 Å². The third-order valence-corrected chi connectivity index (χ3v) is 4.07. The van der Waals surface area contributed by atoms with Crippen LogP contribution in [0.3, 0.4) is 0 Å². The molecule has 2 aromatic carbocycles. The van der Waals surface area contributed by atoms with Crippen molar-refractivity contribution in [2.24, 2.45) is 0 Å². The molecule has 3 aromatic rings. The number of anilines is 1. The van der Waals surface area contributed by atoms with Crippen LogP contribution in [0.4, 0.5) is 5.69 Å². The molecule has 0 atom stereocenters. The number of hydrogen-bond acceptors (Lipinski definition) is 2. The van der Waals surface area contributed by atoms with E-state index in [1.165, 1.54) is 27.8 Å². The first-order valence-corrected chi connectivity index (χ1v) is 7.31. The van der Waals surface area contributed by atoms with Crippen LogP contribution in [0.2, 0.25) is 0 Å². The van der Waals surface area contributed by atoms with E-state index in [0.717, 1.165) is 17.6 Å². The second-order valence-corrected chi connectivity index (χ2v) is 5.42. The van der Waals surface area contributed by atoms with Gasteiger partial charge < -0.3 is 5.32 Å². The number of hydrogen-bond donors (Lipinski definition) is 1. The number of fused-ring (bicyclic) bond motifs is 1. The van der Waals surface area contributed by atoms with Crippen LogP contribution in [0.15, 0.2) is 48.5 Å². The molecule has 1 heterocycles. The van der Waals surface area contributed by atoms with E-state index in [4.69, 9.17) is 4.98 Å². The number of aromatic nitrogens is 1. The van der Waals surface area contributed by atoms with E-state index in [1.54, 1.807) is 0 Å². The molecular formula is C19H20N2. The zero-order valence-corrected chi connectivity index (χ0v) is 12.8. The van der Waals surface area contributed by atoms with E-state index < -0.39 is 0 Å². The summed E-state index contributed by atoms with van der Waals surface area (Å²) in [4.78, 5) is 4.84. The Hall–Kier alpha value is -2.35.